The van der Waals surface area contributed by atoms with Crippen LogP contribution in [0.5, 0.6) is 17.2 Å². The number of likely N-dealkylation sites (tertiary alicyclic amines) is 1. The summed E-state index contributed by atoms with van der Waals surface area (Å²) in [5.41, 5.74) is 6.00. The highest BCUT2D eigenvalue weighted by Crippen LogP contribution is 2.57. The lowest BCUT2D eigenvalue weighted by Gasteiger charge is -2.55. The van der Waals surface area contributed by atoms with E-state index in [1.165, 1.54) is 22.4 Å². The molecule has 358 valence electrons. The molecule has 1 aromatic heterocycles. The lowest BCUT2D eigenvalue weighted by molar-refractivity contribution is -0.189. The normalized spacial score (nSPS) is 24.2. The number of fused-ring (bicyclic) bond motifs is 3. The van der Waals surface area contributed by atoms with Crippen LogP contribution in [-0.4, -0.2) is 104 Å². The van der Waals surface area contributed by atoms with Crippen molar-refractivity contribution in [2.45, 2.75) is 108 Å². The number of likely N-dealkylation sites (N-methyl/N-ethyl adjacent to an activating group) is 1. The topological polar surface area (TPSA) is 123 Å². The van der Waals surface area contributed by atoms with Gasteiger partial charge in [0.15, 0.2) is 0 Å². The number of hydrogen-bond acceptors (Lipinski definition) is 9. The van der Waals surface area contributed by atoms with Gasteiger partial charge in [0.25, 0.3) is 0 Å². The minimum absolute atomic E-state index is 0.0999. The molecule has 0 radical (unpaired) electrons. The molecule has 67 heavy (non-hydrogen) atoms. The van der Waals surface area contributed by atoms with Crippen LogP contribution >= 0.6 is 11.6 Å². The smallest absolute Gasteiger partial charge is 0.329 e. The molecule has 4 aromatic rings. The van der Waals surface area contributed by atoms with Gasteiger partial charge in [0.1, 0.15) is 29.4 Å². The van der Waals surface area contributed by atoms with E-state index in [2.05, 4.69) is 59.4 Å². The Kier molecular flexibility index (Phi) is 14.4. The highest BCUT2D eigenvalue weighted by molar-refractivity contribution is 6.30. The molecule has 3 fully saturated rings. The van der Waals surface area contributed by atoms with Crippen LogP contribution < -0.4 is 19.5 Å². The van der Waals surface area contributed by atoms with Crippen molar-refractivity contribution in [3.63, 3.8) is 0 Å². The summed E-state index contributed by atoms with van der Waals surface area (Å²) < 4.78 is 24.5. The Morgan fingerprint density at radius 1 is 0.985 bits per heavy atom. The number of nitrogens with zero attached hydrogens (tertiary/aromatic N) is 3. The third-order valence-corrected chi connectivity index (χ3v) is 16.0. The standard InChI is InChI=1S/C55H69ClN4O7/c1-38(33-67-49-17-23-57-48-13-4-8-39(2)51(48)49)28-42-30-41-15-16-46(32-47(41)54(42)19-21-55(22-20-54,52(62)63)58-44-11-6-10-43(56)31-44)65-26-7-14-50(61)59(3)24-18-40-9-5-12-45(29-40)66-27-25-60-34-53(35-60)36-64-37-53/h5-6,9-12,15-17,23,29,31-32,38-39,42,58H,4,7-8,13-14,18-22,24-28,30,33-37H2,1-3H3,(H,62,63)/t38-,39-,42?,54?,55?/m1/s1. The van der Waals surface area contributed by atoms with Crippen molar-refractivity contribution < 1.29 is 33.6 Å². The van der Waals surface area contributed by atoms with Crippen molar-refractivity contribution in [3.05, 3.63) is 112 Å². The van der Waals surface area contributed by atoms with Crippen molar-refractivity contribution in [2.75, 3.05) is 71.6 Å². The number of aromatic nitrogens is 1. The Morgan fingerprint density at radius 3 is 2.55 bits per heavy atom. The lowest BCUT2D eigenvalue weighted by atomic mass is 9.59. The Morgan fingerprint density at radius 2 is 1.78 bits per heavy atom. The fourth-order valence-electron chi connectivity index (χ4n) is 11.9. The first-order chi connectivity index (χ1) is 32.4. The summed E-state index contributed by atoms with van der Waals surface area (Å²) in [7, 11) is 1.88. The number of amides is 1. The molecule has 2 spiro atoms. The van der Waals surface area contributed by atoms with E-state index in [1.807, 2.05) is 48.5 Å². The number of nitrogens with one attached hydrogen (secondary N) is 1. The van der Waals surface area contributed by atoms with Crippen LogP contribution in [0.1, 0.15) is 106 Å². The predicted octanol–water partition coefficient (Wildman–Crippen LogP) is 9.77. The van der Waals surface area contributed by atoms with Gasteiger partial charge in [-0.15, -0.1) is 0 Å². The molecule has 12 heteroatoms. The van der Waals surface area contributed by atoms with Crippen LogP contribution in [0.2, 0.25) is 5.02 Å². The highest BCUT2D eigenvalue weighted by Gasteiger charge is 2.54. The van der Waals surface area contributed by atoms with Crippen molar-refractivity contribution >= 4 is 29.2 Å². The molecule has 5 aliphatic rings. The van der Waals surface area contributed by atoms with Crippen molar-refractivity contribution in [2.24, 2.45) is 17.3 Å². The minimum atomic E-state index is -1.11. The minimum Gasteiger partial charge on any atom is -0.494 e. The first-order valence-electron chi connectivity index (χ1n) is 24.8. The van der Waals surface area contributed by atoms with Crippen molar-refractivity contribution in [1.29, 1.82) is 0 Å². The van der Waals surface area contributed by atoms with E-state index in [0.29, 0.717) is 74.3 Å². The van der Waals surface area contributed by atoms with Gasteiger partial charge in [-0.1, -0.05) is 49.7 Å². The summed E-state index contributed by atoms with van der Waals surface area (Å²) in [6.45, 7) is 11.8. The third kappa shape index (κ3) is 10.6. The van der Waals surface area contributed by atoms with Crippen molar-refractivity contribution in [3.8, 4) is 17.2 Å². The molecule has 11 nitrogen and oxygen atoms in total. The summed E-state index contributed by atoms with van der Waals surface area (Å²) in [6, 6.07) is 24.1. The van der Waals surface area contributed by atoms with E-state index >= 15 is 0 Å². The molecular weight excluding hydrogens is 864 g/mol. The number of pyridine rings is 1. The fraction of sp³-hybridized carbons (Fsp3) is 0.545. The van der Waals surface area contributed by atoms with Gasteiger partial charge in [-0.25, -0.2) is 4.79 Å². The van der Waals surface area contributed by atoms with Gasteiger partial charge in [-0.05, 0) is 159 Å². The van der Waals surface area contributed by atoms with E-state index in [9.17, 15) is 14.7 Å². The molecule has 2 saturated heterocycles. The van der Waals surface area contributed by atoms with E-state index in [1.54, 1.807) is 12.1 Å². The molecule has 0 bridgehead atoms. The third-order valence-electron chi connectivity index (χ3n) is 15.7. The number of carbonyl (C=O) groups is 2. The van der Waals surface area contributed by atoms with Gasteiger partial charge in [0, 0.05) is 73.2 Å². The average molecular weight is 934 g/mol. The SMILES string of the molecule is C[C@@H](COc1ccnc2c1[C@H](C)CCC2)CC1Cc2ccc(OCCCC(=O)N(C)CCc3cccc(OCCN4CC5(COC5)C4)c3)cc2C12CCC(Nc1cccc(Cl)c1)(C(=O)O)CC2. The molecular formula is C55H69ClN4O7. The number of hydrogen-bond donors (Lipinski definition) is 2. The summed E-state index contributed by atoms with van der Waals surface area (Å²) >= 11 is 6.34. The van der Waals surface area contributed by atoms with E-state index in [4.69, 9.17) is 30.5 Å². The molecule has 1 unspecified atom stereocenters. The number of halogens is 1. The Hall–Kier alpha value is -4.84. The quantitative estimate of drug-likeness (QED) is 0.0829. The first-order valence-corrected chi connectivity index (χ1v) is 25.2. The van der Waals surface area contributed by atoms with Gasteiger partial charge in [-0.3, -0.25) is 14.7 Å². The maximum Gasteiger partial charge on any atom is 0.329 e. The molecule has 3 heterocycles. The van der Waals surface area contributed by atoms with Crippen LogP contribution in [-0.2, 0) is 39.0 Å². The van der Waals surface area contributed by atoms with Gasteiger partial charge < -0.3 is 34.3 Å². The number of carboxylic acid groups (broad SMARTS) is 1. The monoisotopic (exact) mass is 932 g/mol. The van der Waals surface area contributed by atoms with Crippen LogP contribution in [0.4, 0.5) is 5.69 Å². The first kappa shape index (κ1) is 47.2. The molecule has 3 aliphatic carbocycles. The van der Waals surface area contributed by atoms with Crippen LogP contribution in [0.15, 0.2) is 79.0 Å². The number of rotatable bonds is 20. The van der Waals surface area contributed by atoms with Gasteiger partial charge in [0.2, 0.25) is 5.91 Å². The number of carboxylic acids is 1. The zero-order valence-electron chi connectivity index (χ0n) is 39.7. The van der Waals surface area contributed by atoms with Crippen molar-refractivity contribution in [1.82, 2.24) is 14.8 Å². The van der Waals surface area contributed by atoms with Crippen LogP contribution in [0, 0.1) is 17.3 Å². The number of aryl methyl sites for hydroxylation is 1. The second-order valence-electron chi connectivity index (χ2n) is 20.7. The lowest BCUT2D eigenvalue weighted by Crippen LogP contribution is -2.66. The van der Waals surface area contributed by atoms with Gasteiger partial charge in [-0.2, -0.15) is 0 Å². The Balaban J connectivity index is 0.801. The summed E-state index contributed by atoms with van der Waals surface area (Å²) in [5, 5.41) is 14.7. The zero-order chi connectivity index (χ0) is 46.6. The second-order valence-corrected chi connectivity index (χ2v) is 21.2. The maximum absolute atomic E-state index is 13.2. The average Bonchev–Trinajstić information content (AvgIpc) is 3.58. The largest absolute Gasteiger partial charge is 0.494 e. The molecule has 9 rings (SSSR count). The van der Waals surface area contributed by atoms with Crippen LogP contribution in [0.3, 0.4) is 0 Å². The molecule has 2 aliphatic heterocycles. The number of benzene rings is 3. The van der Waals surface area contributed by atoms with E-state index in [0.717, 1.165) is 113 Å². The van der Waals surface area contributed by atoms with E-state index in [-0.39, 0.29) is 17.2 Å². The highest BCUT2D eigenvalue weighted by atomic mass is 35.5. The van der Waals surface area contributed by atoms with Gasteiger partial charge >= 0.3 is 5.97 Å². The molecule has 1 saturated carbocycles. The predicted molar refractivity (Wildman–Crippen MR) is 262 cm³/mol. The van der Waals surface area contributed by atoms with E-state index < -0.39 is 11.5 Å². The molecule has 1 amide bonds. The number of ether oxygens (including phenoxy) is 4. The summed E-state index contributed by atoms with van der Waals surface area (Å²) in [4.78, 5) is 35.3. The molecule has 3 aromatic carbocycles. The Labute approximate surface area is 401 Å². The summed E-state index contributed by atoms with van der Waals surface area (Å²) in [5.74, 6) is 2.93. The molecule has 2 N–H and O–H groups in total. The second kappa shape index (κ2) is 20.4. The van der Waals surface area contributed by atoms with Gasteiger partial charge in [0.05, 0.1) is 26.4 Å². The number of aliphatic carboxylic acids is 1. The Bertz CT molecular complexity index is 2370. The fourth-order valence-corrected chi connectivity index (χ4v) is 12.1. The number of anilines is 1. The summed E-state index contributed by atoms with van der Waals surface area (Å²) in [6.07, 6.45) is 11.3. The molecule has 3 atom stereocenters. The maximum atomic E-state index is 13.2. The zero-order valence-corrected chi connectivity index (χ0v) is 40.5. The van der Waals surface area contributed by atoms with Crippen LogP contribution in [0.25, 0.3) is 0 Å². The number of carbonyl (C=O) groups excluding carboxylic acids is 1.